The van der Waals surface area contributed by atoms with Crippen molar-refractivity contribution in [2.75, 3.05) is 0 Å². The van der Waals surface area contributed by atoms with Gasteiger partial charge in [-0.1, -0.05) is 32.8 Å². The zero-order valence-electron chi connectivity index (χ0n) is 7.93. The first-order chi connectivity index (χ1) is 5.72. The molecular weight excluding hydrogens is 152 g/mol. The Morgan fingerprint density at radius 3 is 2.42 bits per heavy atom. The molecule has 0 aromatic rings. The molecule has 0 N–H and O–H groups in total. The van der Waals surface area contributed by atoms with Crippen LogP contribution in [0.1, 0.15) is 46.0 Å². The van der Waals surface area contributed by atoms with Gasteiger partial charge in [-0.15, -0.1) is 0 Å². The molecule has 0 aromatic carbocycles. The summed E-state index contributed by atoms with van der Waals surface area (Å²) in [5.41, 5.74) is 0.436. The van der Waals surface area contributed by atoms with Gasteiger partial charge in [-0.3, -0.25) is 0 Å². The molecular formula is C10H17O2-. The van der Waals surface area contributed by atoms with Crippen molar-refractivity contribution >= 4 is 5.97 Å². The monoisotopic (exact) mass is 169 g/mol. The van der Waals surface area contributed by atoms with Crippen molar-refractivity contribution in [2.24, 2.45) is 0 Å². The fraction of sp³-hybridized carbons (Fsp3) is 0.700. The molecule has 0 fully saturated rings. The molecule has 0 heterocycles. The number of allylic oxidation sites excluding steroid dienone is 1. The van der Waals surface area contributed by atoms with Gasteiger partial charge >= 0.3 is 0 Å². The van der Waals surface area contributed by atoms with E-state index in [1.165, 1.54) is 12.8 Å². The number of hydrogen-bond donors (Lipinski definition) is 0. The van der Waals surface area contributed by atoms with Crippen LogP contribution in [-0.2, 0) is 4.79 Å². The van der Waals surface area contributed by atoms with E-state index in [2.05, 4.69) is 6.92 Å². The van der Waals surface area contributed by atoms with Crippen molar-refractivity contribution in [3.05, 3.63) is 11.6 Å². The fourth-order valence-electron chi connectivity index (χ4n) is 1.04. The smallest absolute Gasteiger partial charge is 0.0671 e. The van der Waals surface area contributed by atoms with Gasteiger partial charge in [0.15, 0.2) is 0 Å². The minimum Gasteiger partial charge on any atom is -0.545 e. The van der Waals surface area contributed by atoms with Crippen LogP contribution in [-0.4, -0.2) is 5.97 Å². The molecule has 0 amide bonds. The van der Waals surface area contributed by atoms with Gasteiger partial charge in [0.05, 0.1) is 5.97 Å². The first-order valence-electron chi connectivity index (χ1n) is 4.62. The quantitative estimate of drug-likeness (QED) is 0.448. The Kier molecular flexibility index (Phi) is 6.44. The predicted octanol–water partition coefficient (Wildman–Crippen LogP) is 1.65. The molecule has 70 valence electrons. The van der Waals surface area contributed by atoms with Crippen LogP contribution in [0.2, 0.25) is 0 Å². The lowest BCUT2D eigenvalue weighted by atomic mass is 10.1. The number of rotatable bonds is 6. The van der Waals surface area contributed by atoms with E-state index in [1.807, 2.05) is 6.92 Å². The Morgan fingerprint density at radius 2 is 2.00 bits per heavy atom. The highest BCUT2D eigenvalue weighted by atomic mass is 16.4. The van der Waals surface area contributed by atoms with E-state index in [4.69, 9.17) is 0 Å². The Bertz CT molecular complexity index is 159. The first kappa shape index (κ1) is 11.2. The molecule has 0 spiro atoms. The van der Waals surface area contributed by atoms with Crippen molar-refractivity contribution < 1.29 is 9.90 Å². The number of carboxylic acid groups (broad SMARTS) is 1. The summed E-state index contributed by atoms with van der Waals surface area (Å²) in [5, 5.41) is 10.4. The van der Waals surface area contributed by atoms with Crippen LogP contribution in [0.4, 0.5) is 0 Å². The second kappa shape index (κ2) is 6.89. The fourth-order valence-corrected chi connectivity index (χ4v) is 1.04. The molecule has 0 aliphatic heterocycles. The number of unbranched alkanes of at least 4 members (excludes halogenated alkanes) is 3. The molecule has 0 unspecified atom stereocenters. The molecule has 0 atom stereocenters. The highest BCUT2D eigenvalue weighted by molar-refractivity contribution is 5.84. The minimum absolute atomic E-state index is 0.436. The lowest BCUT2D eigenvalue weighted by Crippen LogP contribution is -2.24. The van der Waals surface area contributed by atoms with Crippen molar-refractivity contribution in [1.29, 1.82) is 0 Å². The maximum atomic E-state index is 10.4. The largest absolute Gasteiger partial charge is 0.545 e. The van der Waals surface area contributed by atoms with Gasteiger partial charge in [-0.05, 0) is 24.8 Å². The summed E-state index contributed by atoms with van der Waals surface area (Å²) in [6.45, 7) is 3.96. The molecule has 2 heteroatoms. The van der Waals surface area contributed by atoms with E-state index in [0.717, 1.165) is 12.8 Å². The summed E-state index contributed by atoms with van der Waals surface area (Å²) in [7, 11) is 0. The minimum atomic E-state index is -1.02. The Balaban J connectivity index is 3.71. The number of carbonyl (C=O) groups is 1. The van der Waals surface area contributed by atoms with E-state index in [1.54, 1.807) is 6.08 Å². The van der Waals surface area contributed by atoms with Gasteiger partial charge in [-0.2, -0.15) is 0 Å². The van der Waals surface area contributed by atoms with E-state index < -0.39 is 5.97 Å². The predicted molar refractivity (Wildman–Crippen MR) is 47.5 cm³/mol. The first-order valence-corrected chi connectivity index (χ1v) is 4.62. The lowest BCUT2D eigenvalue weighted by Gasteiger charge is -2.04. The average Bonchev–Trinajstić information content (AvgIpc) is 2.04. The lowest BCUT2D eigenvalue weighted by molar-refractivity contribution is -0.299. The van der Waals surface area contributed by atoms with Crippen LogP contribution in [0.15, 0.2) is 11.6 Å². The summed E-state index contributed by atoms with van der Waals surface area (Å²) in [5.74, 6) is -1.02. The molecule has 0 rings (SSSR count). The van der Waals surface area contributed by atoms with E-state index in [9.17, 15) is 9.90 Å². The zero-order valence-corrected chi connectivity index (χ0v) is 7.93. The van der Waals surface area contributed by atoms with Gasteiger partial charge in [0.25, 0.3) is 0 Å². The molecule has 12 heavy (non-hydrogen) atoms. The van der Waals surface area contributed by atoms with E-state index in [0.29, 0.717) is 12.0 Å². The van der Waals surface area contributed by atoms with E-state index in [-0.39, 0.29) is 0 Å². The van der Waals surface area contributed by atoms with Gasteiger partial charge in [0.2, 0.25) is 0 Å². The Hall–Kier alpha value is -0.790. The van der Waals surface area contributed by atoms with E-state index >= 15 is 0 Å². The normalized spacial score (nSPS) is 11.7. The second-order valence-electron chi connectivity index (χ2n) is 2.87. The number of carbonyl (C=O) groups excluding carboxylic acids is 1. The van der Waals surface area contributed by atoms with Crippen molar-refractivity contribution in [3.63, 3.8) is 0 Å². The molecule has 0 bridgehead atoms. The number of carboxylic acids is 1. The molecule has 2 nitrogen and oxygen atoms in total. The maximum absolute atomic E-state index is 10.4. The van der Waals surface area contributed by atoms with Crippen molar-refractivity contribution in [2.45, 2.75) is 46.0 Å². The zero-order chi connectivity index (χ0) is 9.40. The van der Waals surface area contributed by atoms with Crippen LogP contribution in [0.25, 0.3) is 0 Å². The summed E-state index contributed by atoms with van der Waals surface area (Å²) >= 11 is 0. The Labute approximate surface area is 74.3 Å². The molecule has 0 saturated heterocycles. The highest BCUT2D eigenvalue weighted by Crippen LogP contribution is 2.05. The van der Waals surface area contributed by atoms with Crippen LogP contribution in [0.3, 0.4) is 0 Å². The number of hydrogen-bond acceptors (Lipinski definition) is 2. The molecule has 0 radical (unpaired) electrons. The summed E-state index contributed by atoms with van der Waals surface area (Å²) in [6.07, 6.45) is 6.62. The second-order valence-corrected chi connectivity index (χ2v) is 2.87. The molecule has 0 aliphatic rings. The summed E-state index contributed by atoms with van der Waals surface area (Å²) < 4.78 is 0. The van der Waals surface area contributed by atoms with Gasteiger partial charge < -0.3 is 9.90 Å². The Morgan fingerprint density at radius 1 is 1.33 bits per heavy atom. The molecule has 0 aliphatic carbocycles. The van der Waals surface area contributed by atoms with Crippen LogP contribution >= 0.6 is 0 Å². The van der Waals surface area contributed by atoms with Crippen LogP contribution in [0.5, 0.6) is 0 Å². The van der Waals surface area contributed by atoms with Gasteiger partial charge in [-0.25, -0.2) is 0 Å². The SMILES string of the molecule is CCCCC/C=C(\CC)C(=O)[O-]. The highest BCUT2D eigenvalue weighted by Gasteiger charge is 1.93. The van der Waals surface area contributed by atoms with Gasteiger partial charge in [0, 0.05) is 0 Å². The molecule has 0 saturated carbocycles. The molecule has 0 aromatic heterocycles. The van der Waals surface area contributed by atoms with Crippen molar-refractivity contribution in [3.8, 4) is 0 Å². The summed E-state index contributed by atoms with van der Waals surface area (Å²) in [4.78, 5) is 10.4. The summed E-state index contributed by atoms with van der Waals surface area (Å²) in [6, 6.07) is 0. The maximum Gasteiger partial charge on any atom is 0.0671 e. The standard InChI is InChI=1S/C10H18O2/c1-3-5-6-7-8-9(4-2)10(11)12/h8H,3-7H2,1-2H3,(H,11,12)/p-1/b9-8+. The van der Waals surface area contributed by atoms with Crippen molar-refractivity contribution in [1.82, 2.24) is 0 Å². The third kappa shape index (κ3) is 4.94. The topological polar surface area (TPSA) is 40.1 Å². The third-order valence-corrected chi connectivity index (χ3v) is 1.84. The third-order valence-electron chi connectivity index (χ3n) is 1.84. The number of aliphatic carboxylic acids is 1. The van der Waals surface area contributed by atoms with Crippen LogP contribution in [0, 0.1) is 0 Å². The van der Waals surface area contributed by atoms with Crippen LogP contribution < -0.4 is 5.11 Å². The average molecular weight is 169 g/mol. The van der Waals surface area contributed by atoms with Gasteiger partial charge in [0.1, 0.15) is 0 Å².